The Labute approximate surface area is 198 Å². The van der Waals surface area contributed by atoms with Crippen LogP contribution in [-0.2, 0) is 6.42 Å². The van der Waals surface area contributed by atoms with Gasteiger partial charge in [-0.05, 0) is 54.8 Å². The van der Waals surface area contributed by atoms with Crippen LogP contribution in [0.25, 0.3) is 0 Å². The van der Waals surface area contributed by atoms with Gasteiger partial charge < -0.3 is 5.32 Å². The third-order valence-corrected chi connectivity index (χ3v) is 6.13. The molecule has 1 unspecified atom stereocenters. The van der Waals surface area contributed by atoms with Gasteiger partial charge in [0.2, 0.25) is 0 Å². The van der Waals surface area contributed by atoms with Crippen molar-refractivity contribution in [2.24, 2.45) is 5.10 Å². The third kappa shape index (κ3) is 5.28. The van der Waals surface area contributed by atoms with Crippen LogP contribution in [0.15, 0.2) is 90.2 Å². The maximum atomic E-state index is 13.3. The second-order valence-corrected chi connectivity index (χ2v) is 8.69. The highest BCUT2D eigenvalue weighted by atomic mass is 35.5. The summed E-state index contributed by atoms with van der Waals surface area (Å²) in [4.78, 5) is 13.3. The van der Waals surface area contributed by atoms with Crippen molar-refractivity contribution in [2.45, 2.75) is 25.3 Å². The van der Waals surface area contributed by atoms with Gasteiger partial charge >= 0.3 is 0 Å². The highest BCUT2D eigenvalue weighted by molar-refractivity contribution is 6.30. The summed E-state index contributed by atoms with van der Waals surface area (Å²) in [5, 5.41) is 9.76. The first kappa shape index (κ1) is 22.3. The second kappa shape index (κ2) is 10.1. The molecule has 0 bridgehead atoms. The number of para-hydroxylation sites is 1. The fourth-order valence-electron chi connectivity index (χ4n) is 3.92. The summed E-state index contributed by atoms with van der Waals surface area (Å²) >= 11 is 12.2. The molecule has 3 aromatic rings. The molecule has 1 heterocycles. The van der Waals surface area contributed by atoms with Crippen molar-refractivity contribution < 1.29 is 9.80 Å². The van der Waals surface area contributed by atoms with Gasteiger partial charge in [-0.1, -0.05) is 64.7 Å². The zero-order valence-corrected chi connectivity index (χ0v) is 19.1. The fourth-order valence-corrected chi connectivity index (χ4v) is 4.17. The van der Waals surface area contributed by atoms with Gasteiger partial charge in [0.05, 0.1) is 6.21 Å². The zero-order valence-electron chi connectivity index (χ0n) is 17.6. The van der Waals surface area contributed by atoms with E-state index in [2.05, 4.69) is 10.4 Å². The van der Waals surface area contributed by atoms with Crippen LogP contribution < -0.4 is 10.3 Å². The Bertz CT molecular complexity index is 1130. The molecular formula is C26H24Cl2N3O+. The Morgan fingerprint density at radius 1 is 0.969 bits per heavy atom. The van der Waals surface area contributed by atoms with Crippen molar-refractivity contribution in [3.05, 3.63) is 112 Å². The molecular weight excluding hydrogens is 441 g/mol. The number of hydrogen-bond acceptors (Lipinski definition) is 2. The molecule has 4 rings (SSSR count). The molecule has 3 atom stereocenters. The topological polar surface area (TPSA) is 45.9 Å². The number of rotatable bonds is 7. The monoisotopic (exact) mass is 464 g/mol. The van der Waals surface area contributed by atoms with Crippen LogP contribution in [-0.4, -0.2) is 18.2 Å². The number of nitrogens with one attached hydrogen (secondary N) is 2. The normalized spacial score (nSPS) is 16.7. The number of allylic oxidation sites excluding steroid dienone is 1. The predicted octanol–water partition coefficient (Wildman–Crippen LogP) is 5.17. The molecule has 2 N–H and O–H groups in total. The van der Waals surface area contributed by atoms with E-state index in [1.54, 1.807) is 6.21 Å². The van der Waals surface area contributed by atoms with E-state index in [1.807, 2.05) is 92.0 Å². The van der Waals surface area contributed by atoms with Crippen molar-refractivity contribution >= 4 is 41.0 Å². The Hall–Kier alpha value is -2.92. The average molecular weight is 465 g/mol. The van der Waals surface area contributed by atoms with Crippen molar-refractivity contribution in [3.8, 4) is 0 Å². The van der Waals surface area contributed by atoms with E-state index >= 15 is 0 Å². The van der Waals surface area contributed by atoms with E-state index in [0.717, 1.165) is 28.2 Å². The van der Waals surface area contributed by atoms with E-state index in [0.29, 0.717) is 15.6 Å². The number of benzene rings is 3. The summed E-state index contributed by atoms with van der Waals surface area (Å²) in [7, 11) is 0. The van der Waals surface area contributed by atoms with Crippen LogP contribution in [0, 0.1) is 0 Å². The Morgan fingerprint density at radius 2 is 1.62 bits per heavy atom. The lowest BCUT2D eigenvalue weighted by molar-refractivity contribution is -0.779. The zero-order chi connectivity index (χ0) is 22.5. The molecule has 0 aliphatic carbocycles. The first-order chi connectivity index (χ1) is 15.5. The molecule has 1 aliphatic heterocycles. The first-order valence-electron chi connectivity index (χ1n) is 10.5. The number of hydrogen-bond donors (Lipinski definition) is 2. The predicted molar refractivity (Wildman–Crippen MR) is 131 cm³/mol. The number of carbonyl (C=O) groups excluding carboxylic acids is 1. The summed E-state index contributed by atoms with van der Waals surface area (Å²) < 4.78 is 0. The van der Waals surface area contributed by atoms with Crippen LogP contribution in [0.3, 0.4) is 0 Å². The summed E-state index contributed by atoms with van der Waals surface area (Å²) in [6, 6.07) is 23.1. The Balaban J connectivity index is 1.58. The van der Waals surface area contributed by atoms with Gasteiger partial charge in [-0.25, -0.2) is 0 Å². The van der Waals surface area contributed by atoms with Crippen molar-refractivity contribution in [1.82, 2.24) is 5.32 Å². The van der Waals surface area contributed by atoms with E-state index in [4.69, 9.17) is 23.2 Å². The molecule has 1 amide bonds. The summed E-state index contributed by atoms with van der Waals surface area (Å²) in [5.74, 6) is -0.0622. The first-order valence-corrected chi connectivity index (χ1v) is 11.2. The Morgan fingerprint density at radius 3 is 2.28 bits per heavy atom. The van der Waals surface area contributed by atoms with Crippen LogP contribution in [0.4, 0.5) is 5.69 Å². The van der Waals surface area contributed by atoms with Crippen molar-refractivity contribution in [1.29, 1.82) is 0 Å². The number of carbonyl (C=O) groups is 1. The van der Waals surface area contributed by atoms with Gasteiger partial charge in [-0.3, -0.25) is 4.79 Å². The molecule has 0 fully saturated rings. The fraction of sp³-hybridized carbons (Fsp3) is 0.154. The molecule has 0 spiro atoms. The molecule has 162 valence electrons. The van der Waals surface area contributed by atoms with E-state index in [1.165, 1.54) is 0 Å². The maximum absolute atomic E-state index is 13.3. The molecule has 0 radical (unpaired) electrons. The highest BCUT2D eigenvalue weighted by Crippen LogP contribution is 2.27. The maximum Gasteiger partial charge on any atom is 0.257 e. The number of halogens is 2. The SMILES string of the molecule is C[C@@H](NC(=O)c1ccccc1[NH+]1C=CC=N1)[C@H](Cc1ccc(Cl)cc1)c1ccc(Cl)cc1. The molecule has 0 aromatic heterocycles. The summed E-state index contributed by atoms with van der Waals surface area (Å²) in [5.41, 5.74) is 3.70. The lowest BCUT2D eigenvalue weighted by atomic mass is 9.86. The van der Waals surface area contributed by atoms with Gasteiger partial charge in [0.1, 0.15) is 11.8 Å². The molecule has 1 aliphatic rings. The van der Waals surface area contributed by atoms with Gasteiger partial charge in [0.15, 0.2) is 5.69 Å². The van der Waals surface area contributed by atoms with Crippen LogP contribution in [0.5, 0.6) is 0 Å². The third-order valence-electron chi connectivity index (χ3n) is 5.63. The highest BCUT2D eigenvalue weighted by Gasteiger charge is 2.26. The molecule has 6 heteroatoms. The number of quaternary nitrogens is 1. The van der Waals surface area contributed by atoms with Crippen molar-refractivity contribution in [2.75, 3.05) is 0 Å². The van der Waals surface area contributed by atoms with Gasteiger partial charge in [0, 0.05) is 34.1 Å². The number of nitrogens with zero attached hydrogens (tertiary/aromatic N) is 1. The van der Waals surface area contributed by atoms with E-state index in [9.17, 15) is 4.79 Å². The lowest BCUT2D eigenvalue weighted by Gasteiger charge is -2.26. The minimum atomic E-state index is -0.125. The second-order valence-electron chi connectivity index (χ2n) is 7.82. The summed E-state index contributed by atoms with van der Waals surface area (Å²) in [6.07, 6.45) is 6.27. The molecule has 0 saturated carbocycles. The van der Waals surface area contributed by atoms with E-state index < -0.39 is 0 Å². The minimum Gasteiger partial charge on any atom is -0.349 e. The average Bonchev–Trinajstić information content (AvgIpc) is 3.34. The van der Waals surface area contributed by atoms with Crippen LogP contribution in [0.2, 0.25) is 10.0 Å². The van der Waals surface area contributed by atoms with Gasteiger partial charge in [-0.2, -0.15) is 5.01 Å². The molecule has 0 saturated heterocycles. The molecule has 3 aromatic carbocycles. The smallest absolute Gasteiger partial charge is 0.257 e. The van der Waals surface area contributed by atoms with Crippen LogP contribution in [0.1, 0.15) is 34.3 Å². The number of amides is 1. The summed E-state index contributed by atoms with van der Waals surface area (Å²) in [6.45, 7) is 2.04. The van der Waals surface area contributed by atoms with Crippen molar-refractivity contribution in [3.63, 3.8) is 0 Å². The lowest BCUT2D eigenvalue weighted by Crippen LogP contribution is -2.96. The van der Waals surface area contributed by atoms with Crippen LogP contribution >= 0.6 is 23.2 Å². The Kier molecular flexibility index (Phi) is 7.05. The standard InChI is InChI=1S/C26H23Cl2N3O/c1-18(30-26(32)23-5-2-3-6-25(23)31-16-4-15-29-31)24(20-9-13-22(28)14-10-20)17-19-7-11-21(27)12-8-19/h2-16,18,24H,17H2,1H3,(H,30,32)/p+1/t18-,24+/m1/s1. The quantitative estimate of drug-likeness (QED) is 0.497. The minimum absolute atomic E-state index is 0.0570. The van der Waals surface area contributed by atoms with Gasteiger partial charge in [0.25, 0.3) is 5.91 Å². The van der Waals surface area contributed by atoms with E-state index in [-0.39, 0.29) is 17.9 Å². The van der Waals surface area contributed by atoms with Gasteiger partial charge in [-0.15, -0.1) is 0 Å². The largest absolute Gasteiger partial charge is 0.349 e. The molecule has 4 nitrogen and oxygen atoms in total. The molecule has 32 heavy (non-hydrogen) atoms.